The van der Waals surface area contributed by atoms with Gasteiger partial charge in [-0.2, -0.15) is 5.10 Å². The highest BCUT2D eigenvalue weighted by atomic mass is 15.2. The topological polar surface area (TPSA) is 55.9 Å². The predicted octanol–water partition coefficient (Wildman–Crippen LogP) is 0.666. The molecule has 0 radical (unpaired) electrons. The number of nitrogens with zero attached hydrogens (tertiary/aromatic N) is 2. The average molecular weight is 196 g/mol. The lowest BCUT2D eigenvalue weighted by Crippen LogP contribution is -2.30. The van der Waals surface area contributed by atoms with Gasteiger partial charge in [0.25, 0.3) is 0 Å². The van der Waals surface area contributed by atoms with E-state index in [9.17, 15) is 0 Å². The Morgan fingerprint density at radius 2 is 2.29 bits per heavy atom. The first kappa shape index (κ1) is 11.2. The summed E-state index contributed by atoms with van der Waals surface area (Å²) in [6, 6.07) is 0.228. The van der Waals surface area contributed by atoms with Crippen LogP contribution in [-0.2, 0) is 7.05 Å². The summed E-state index contributed by atoms with van der Waals surface area (Å²) in [7, 11) is 1.92. The second kappa shape index (κ2) is 5.12. The fraction of sp³-hybridized carbons (Fsp3) is 0.700. The standard InChI is InChI=1S/C10H20N4/c1-8(2)5-12-10(4-11)9-6-13-14(3)7-9/h6-8,10,12H,4-5,11H2,1-3H3. The minimum atomic E-state index is 0.228. The van der Waals surface area contributed by atoms with Gasteiger partial charge in [-0.15, -0.1) is 0 Å². The Balaban J connectivity index is 2.54. The second-order valence-corrected chi connectivity index (χ2v) is 4.04. The van der Waals surface area contributed by atoms with Gasteiger partial charge in [0.05, 0.1) is 6.20 Å². The van der Waals surface area contributed by atoms with Crippen LogP contribution >= 0.6 is 0 Å². The van der Waals surface area contributed by atoms with Gasteiger partial charge in [0.2, 0.25) is 0 Å². The molecule has 80 valence electrons. The molecular formula is C10H20N4. The Bertz CT molecular complexity index is 267. The third-order valence-electron chi connectivity index (χ3n) is 2.14. The first-order valence-corrected chi connectivity index (χ1v) is 5.05. The normalized spacial score (nSPS) is 13.5. The van der Waals surface area contributed by atoms with Crippen LogP contribution in [0.25, 0.3) is 0 Å². The second-order valence-electron chi connectivity index (χ2n) is 4.04. The van der Waals surface area contributed by atoms with E-state index >= 15 is 0 Å². The molecule has 0 spiro atoms. The SMILES string of the molecule is CC(C)CNC(CN)c1cnn(C)c1. The summed E-state index contributed by atoms with van der Waals surface area (Å²) in [6.07, 6.45) is 3.87. The van der Waals surface area contributed by atoms with E-state index in [1.165, 1.54) is 0 Å². The minimum absolute atomic E-state index is 0.228. The van der Waals surface area contributed by atoms with Gasteiger partial charge in [0.15, 0.2) is 0 Å². The van der Waals surface area contributed by atoms with Crippen LogP contribution in [0.15, 0.2) is 12.4 Å². The molecule has 0 saturated heterocycles. The number of hydrogen-bond donors (Lipinski definition) is 2. The molecule has 4 heteroatoms. The maximum absolute atomic E-state index is 5.70. The lowest BCUT2D eigenvalue weighted by molar-refractivity contribution is 0.479. The lowest BCUT2D eigenvalue weighted by atomic mass is 10.1. The Labute approximate surface area is 85.5 Å². The minimum Gasteiger partial charge on any atom is -0.329 e. The number of nitrogens with one attached hydrogen (secondary N) is 1. The van der Waals surface area contributed by atoms with Crippen LogP contribution in [0, 0.1) is 5.92 Å². The van der Waals surface area contributed by atoms with E-state index in [0.29, 0.717) is 12.5 Å². The summed E-state index contributed by atoms with van der Waals surface area (Å²) in [5.41, 5.74) is 6.86. The molecule has 1 heterocycles. The molecule has 0 aromatic carbocycles. The third-order valence-corrected chi connectivity index (χ3v) is 2.14. The first-order chi connectivity index (χ1) is 6.63. The Morgan fingerprint density at radius 3 is 2.71 bits per heavy atom. The molecule has 1 rings (SSSR count). The summed E-state index contributed by atoms with van der Waals surface area (Å²) in [5.74, 6) is 0.640. The van der Waals surface area contributed by atoms with Crippen molar-refractivity contribution in [2.45, 2.75) is 19.9 Å². The molecule has 1 aromatic rings. The zero-order chi connectivity index (χ0) is 10.6. The van der Waals surface area contributed by atoms with Gasteiger partial charge in [-0.05, 0) is 12.5 Å². The zero-order valence-electron chi connectivity index (χ0n) is 9.20. The highest BCUT2D eigenvalue weighted by Crippen LogP contribution is 2.10. The van der Waals surface area contributed by atoms with Crippen LogP contribution in [0.4, 0.5) is 0 Å². The predicted molar refractivity (Wildman–Crippen MR) is 57.8 cm³/mol. The first-order valence-electron chi connectivity index (χ1n) is 5.05. The van der Waals surface area contributed by atoms with Crippen LogP contribution in [-0.4, -0.2) is 22.9 Å². The van der Waals surface area contributed by atoms with Crippen molar-refractivity contribution in [2.24, 2.45) is 18.7 Å². The molecule has 0 aliphatic heterocycles. The van der Waals surface area contributed by atoms with Crippen molar-refractivity contribution in [1.29, 1.82) is 0 Å². The van der Waals surface area contributed by atoms with E-state index in [1.54, 1.807) is 4.68 Å². The fourth-order valence-corrected chi connectivity index (χ4v) is 1.34. The van der Waals surface area contributed by atoms with E-state index in [0.717, 1.165) is 12.1 Å². The highest BCUT2D eigenvalue weighted by molar-refractivity contribution is 5.10. The molecule has 4 nitrogen and oxygen atoms in total. The van der Waals surface area contributed by atoms with Crippen LogP contribution in [0.3, 0.4) is 0 Å². The van der Waals surface area contributed by atoms with E-state index in [4.69, 9.17) is 5.73 Å². The van der Waals surface area contributed by atoms with Crippen molar-refractivity contribution in [1.82, 2.24) is 15.1 Å². The summed E-state index contributed by atoms with van der Waals surface area (Å²) in [5, 5.41) is 7.55. The van der Waals surface area contributed by atoms with Crippen molar-refractivity contribution in [3.05, 3.63) is 18.0 Å². The summed E-state index contributed by atoms with van der Waals surface area (Å²) in [6.45, 7) is 5.96. The van der Waals surface area contributed by atoms with Gasteiger partial charge in [0.1, 0.15) is 0 Å². The lowest BCUT2D eigenvalue weighted by Gasteiger charge is -2.16. The largest absolute Gasteiger partial charge is 0.329 e. The molecule has 0 saturated carbocycles. The quantitative estimate of drug-likeness (QED) is 0.727. The van der Waals surface area contributed by atoms with Crippen molar-refractivity contribution in [2.75, 3.05) is 13.1 Å². The number of rotatable bonds is 5. The molecule has 0 aliphatic rings. The number of hydrogen-bond acceptors (Lipinski definition) is 3. The van der Waals surface area contributed by atoms with Gasteiger partial charge in [-0.3, -0.25) is 4.68 Å². The Kier molecular flexibility index (Phi) is 4.10. The molecule has 0 bridgehead atoms. The highest BCUT2D eigenvalue weighted by Gasteiger charge is 2.10. The Morgan fingerprint density at radius 1 is 1.57 bits per heavy atom. The maximum atomic E-state index is 5.70. The van der Waals surface area contributed by atoms with Crippen LogP contribution in [0.2, 0.25) is 0 Å². The molecule has 1 unspecified atom stereocenters. The molecule has 1 aromatic heterocycles. The number of nitrogens with two attached hydrogens (primary N) is 1. The number of aryl methyl sites for hydroxylation is 1. The van der Waals surface area contributed by atoms with Crippen LogP contribution in [0.5, 0.6) is 0 Å². The molecule has 0 amide bonds. The summed E-state index contributed by atoms with van der Waals surface area (Å²) < 4.78 is 1.80. The van der Waals surface area contributed by atoms with Crippen LogP contribution < -0.4 is 11.1 Å². The molecule has 1 atom stereocenters. The van der Waals surface area contributed by atoms with Gasteiger partial charge in [0, 0.05) is 31.4 Å². The Hall–Kier alpha value is -0.870. The van der Waals surface area contributed by atoms with E-state index in [1.807, 2.05) is 19.4 Å². The average Bonchev–Trinajstić information content (AvgIpc) is 2.53. The van der Waals surface area contributed by atoms with Crippen molar-refractivity contribution >= 4 is 0 Å². The van der Waals surface area contributed by atoms with Gasteiger partial charge in [-0.1, -0.05) is 13.8 Å². The molecule has 0 fully saturated rings. The molecule has 14 heavy (non-hydrogen) atoms. The van der Waals surface area contributed by atoms with E-state index in [-0.39, 0.29) is 6.04 Å². The van der Waals surface area contributed by atoms with E-state index in [2.05, 4.69) is 24.3 Å². The monoisotopic (exact) mass is 196 g/mol. The van der Waals surface area contributed by atoms with Crippen molar-refractivity contribution in [3.63, 3.8) is 0 Å². The van der Waals surface area contributed by atoms with E-state index < -0.39 is 0 Å². The fourth-order valence-electron chi connectivity index (χ4n) is 1.34. The maximum Gasteiger partial charge on any atom is 0.0538 e. The smallest absolute Gasteiger partial charge is 0.0538 e. The van der Waals surface area contributed by atoms with Crippen molar-refractivity contribution < 1.29 is 0 Å². The zero-order valence-corrected chi connectivity index (χ0v) is 9.20. The summed E-state index contributed by atoms with van der Waals surface area (Å²) in [4.78, 5) is 0. The third kappa shape index (κ3) is 3.12. The van der Waals surface area contributed by atoms with Gasteiger partial charge in [-0.25, -0.2) is 0 Å². The van der Waals surface area contributed by atoms with Gasteiger partial charge >= 0.3 is 0 Å². The van der Waals surface area contributed by atoms with Crippen molar-refractivity contribution in [3.8, 4) is 0 Å². The number of aromatic nitrogens is 2. The molecule has 3 N–H and O–H groups in total. The summed E-state index contributed by atoms with van der Waals surface area (Å²) >= 11 is 0. The van der Waals surface area contributed by atoms with Gasteiger partial charge < -0.3 is 11.1 Å². The van der Waals surface area contributed by atoms with Crippen LogP contribution in [0.1, 0.15) is 25.5 Å². The molecule has 0 aliphatic carbocycles. The molecular weight excluding hydrogens is 176 g/mol.